The highest BCUT2D eigenvalue weighted by molar-refractivity contribution is 6.25. The Labute approximate surface area is 160 Å². The maximum atomic E-state index is 13.0. The first-order valence-electron chi connectivity index (χ1n) is 9.78. The zero-order valence-electron chi connectivity index (χ0n) is 15.8. The minimum absolute atomic E-state index is 0.341. The summed E-state index contributed by atoms with van der Waals surface area (Å²) in [6.07, 6.45) is 6.78. The molecule has 1 atom stereocenters. The fourth-order valence-electron chi connectivity index (χ4n) is 3.69. The summed E-state index contributed by atoms with van der Waals surface area (Å²) in [4.78, 5) is 39.2. The molecule has 1 saturated heterocycles. The predicted molar refractivity (Wildman–Crippen MR) is 104 cm³/mol. The molecule has 3 rings (SSSR count). The van der Waals surface area contributed by atoms with E-state index in [-0.39, 0.29) is 5.91 Å². The molecule has 1 unspecified atom stereocenters. The summed E-state index contributed by atoms with van der Waals surface area (Å²) in [5.41, 5.74) is 2.05. The zero-order valence-corrected chi connectivity index (χ0v) is 15.8. The summed E-state index contributed by atoms with van der Waals surface area (Å²) < 4.78 is 0. The Morgan fingerprint density at radius 2 is 1.93 bits per heavy atom. The van der Waals surface area contributed by atoms with E-state index in [0.717, 1.165) is 24.3 Å². The van der Waals surface area contributed by atoms with E-state index in [1.54, 1.807) is 12.1 Å². The van der Waals surface area contributed by atoms with Crippen LogP contribution in [-0.2, 0) is 4.79 Å². The van der Waals surface area contributed by atoms with Gasteiger partial charge in [0, 0.05) is 17.9 Å². The van der Waals surface area contributed by atoms with Gasteiger partial charge in [-0.1, -0.05) is 45.3 Å². The van der Waals surface area contributed by atoms with Gasteiger partial charge in [-0.05, 0) is 31.4 Å². The Kier molecular flexibility index (Phi) is 5.94. The topological polar surface area (TPSA) is 78.5 Å². The maximum Gasteiger partial charge on any atom is 0.264 e. The monoisotopic (exact) mass is 369 g/mol. The molecule has 0 saturated carbocycles. The Balaban J connectivity index is 1.72. The molecule has 0 spiro atoms. The average molecular weight is 369 g/mol. The number of rotatable bonds is 8. The van der Waals surface area contributed by atoms with E-state index in [9.17, 15) is 14.4 Å². The van der Waals surface area contributed by atoms with Crippen LogP contribution in [0.4, 0.5) is 5.69 Å². The van der Waals surface area contributed by atoms with Crippen LogP contribution in [0.15, 0.2) is 30.5 Å². The first-order valence-corrected chi connectivity index (χ1v) is 9.78. The van der Waals surface area contributed by atoms with Crippen LogP contribution in [0.3, 0.4) is 0 Å². The summed E-state index contributed by atoms with van der Waals surface area (Å²) in [5, 5.41) is 5.95. The number of hydrogen-bond donors (Lipinski definition) is 2. The number of nitrogens with zero attached hydrogens (tertiary/aromatic N) is 1. The molecule has 1 aromatic rings. The molecule has 1 fully saturated rings. The number of amides is 3. The van der Waals surface area contributed by atoms with Gasteiger partial charge >= 0.3 is 0 Å². The number of carbonyl (C=O) groups is 3. The van der Waals surface area contributed by atoms with E-state index in [1.807, 2.05) is 6.07 Å². The van der Waals surface area contributed by atoms with Crippen LogP contribution < -0.4 is 10.6 Å². The van der Waals surface area contributed by atoms with Crippen LogP contribution in [-0.4, -0.2) is 35.2 Å². The Bertz CT molecular complexity index is 772. The summed E-state index contributed by atoms with van der Waals surface area (Å²) >= 11 is 0. The fraction of sp³-hybridized carbons (Fsp3) is 0.476. The molecule has 2 aliphatic rings. The third-order valence-electron chi connectivity index (χ3n) is 5.18. The van der Waals surface area contributed by atoms with Crippen molar-refractivity contribution in [3.63, 3.8) is 0 Å². The number of anilines is 1. The van der Waals surface area contributed by atoms with Crippen molar-refractivity contribution in [2.45, 2.75) is 57.9 Å². The molecule has 144 valence electrons. The number of hydrogen-bond acceptors (Lipinski definition) is 4. The highest BCUT2D eigenvalue weighted by Crippen LogP contribution is 2.32. The van der Waals surface area contributed by atoms with Crippen molar-refractivity contribution in [2.24, 2.45) is 0 Å². The van der Waals surface area contributed by atoms with Gasteiger partial charge in [0.2, 0.25) is 5.91 Å². The molecule has 2 heterocycles. The van der Waals surface area contributed by atoms with E-state index in [0.29, 0.717) is 35.4 Å². The molecule has 0 radical (unpaired) electrons. The van der Waals surface area contributed by atoms with Crippen molar-refractivity contribution in [3.8, 4) is 0 Å². The molecule has 1 aromatic carbocycles. The molecule has 6 nitrogen and oxygen atoms in total. The van der Waals surface area contributed by atoms with E-state index in [2.05, 4.69) is 24.1 Å². The smallest absolute Gasteiger partial charge is 0.264 e. The zero-order chi connectivity index (χ0) is 19.4. The number of nitrogens with one attached hydrogen (secondary N) is 2. The lowest BCUT2D eigenvalue weighted by molar-refractivity contribution is -0.125. The van der Waals surface area contributed by atoms with E-state index >= 15 is 0 Å². The van der Waals surface area contributed by atoms with Crippen molar-refractivity contribution in [1.82, 2.24) is 10.2 Å². The van der Waals surface area contributed by atoms with Crippen molar-refractivity contribution in [2.75, 3.05) is 11.9 Å². The Morgan fingerprint density at radius 1 is 1.15 bits per heavy atom. The van der Waals surface area contributed by atoms with E-state index < -0.39 is 17.9 Å². The SMILES string of the molecule is C=C1CCC(N2C(=O)c3cccc(NCCCCCCC)c3C2=O)C(=O)N1. The van der Waals surface area contributed by atoms with Crippen LogP contribution in [0.5, 0.6) is 0 Å². The molecule has 3 amide bonds. The maximum absolute atomic E-state index is 13.0. The molecular formula is C21H27N3O3. The lowest BCUT2D eigenvalue weighted by Gasteiger charge is -2.29. The minimum atomic E-state index is -0.773. The number of piperidine rings is 1. The van der Waals surface area contributed by atoms with Gasteiger partial charge in [0.05, 0.1) is 11.1 Å². The molecule has 2 aliphatic heterocycles. The van der Waals surface area contributed by atoms with Crippen LogP contribution in [0.2, 0.25) is 0 Å². The van der Waals surface area contributed by atoms with E-state index in [4.69, 9.17) is 0 Å². The third kappa shape index (κ3) is 3.89. The second kappa shape index (κ2) is 8.37. The standard InChI is InChI=1S/C21H27N3O3/c1-3-4-5-6-7-13-22-16-10-8-9-15-18(16)21(27)24(20(15)26)17-12-11-14(2)23-19(17)25/h8-10,17,22H,2-7,11-13H2,1H3,(H,23,25). The number of imide groups is 1. The first kappa shape index (κ1) is 19.1. The van der Waals surface area contributed by atoms with Gasteiger partial charge in [0.1, 0.15) is 6.04 Å². The quantitative estimate of drug-likeness (QED) is 0.543. The molecule has 0 aliphatic carbocycles. The summed E-state index contributed by atoms with van der Waals surface area (Å²) in [6.45, 7) is 6.69. The lowest BCUT2D eigenvalue weighted by Crippen LogP contribution is -2.51. The normalized spacial score (nSPS) is 19.3. The Hall–Kier alpha value is -2.63. The van der Waals surface area contributed by atoms with Gasteiger partial charge in [0.25, 0.3) is 11.8 Å². The summed E-state index contributed by atoms with van der Waals surface area (Å²) in [7, 11) is 0. The number of carbonyl (C=O) groups excluding carboxylic acids is 3. The largest absolute Gasteiger partial charge is 0.384 e. The highest BCUT2D eigenvalue weighted by atomic mass is 16.2. The van der Waals surface area contributed by atoms with Gasteiger partial charge in [-0.25, -0.2) is 0 Å². The molecule has 27 heavy (non-hydrogen) atoms. The molecule has 2 N–H and O–H groups in total. The van der Waals surface area contributed by atoms with Gasteiger partial charge in [-0.2, -0.15) is 0 Å². The van der Waals surface area contributed by atoms with Crippen LogP contribution in [0.1, 0.15) is 72.6 Å². The van der Waals surface area contributed by atoms with Crippen LogP contribution in [0.25, 0.3) is 0 Å². The molecule has 0 bridgehead atoms. The van der Waals surface area contributed by atoms with Crippen molar-refractivity contribution >= 4 is 23.4 Å². The Morgan fingerprint density at radius 3 is 2.67 bits per heavy atom. The van der Waals surface area contributed by atoms with E-state index in [1.165, 1.54) is 19.3 Å². The number of allylic oxidation sites excluding steroid dienone is 1. The number of benzene rings is 1. The molecule has 6 heteroatoms. The average Bonchev–Trinajstić information content (AvgIpc) is 2.90. The predicted octanol–water partition coefficient (Wildman–Crippen LogP) is 3.46. The molecule has 0 aromatic heterocycles. The van der Waals surface area contributed by atoms with Crippen molar-refractivity contribution < 1.29 is 14.4 Å². The van der Waals surface area contributed by atoms with Crippen LogP contribution in [0, 0.1) is 0 Å². The second-order valence-electron chi connectivity index (χ2n) is 7.20. The van der Waals surface area contributed by atoms with Gasteiger partial charge in [-0.15, -0.1) is 0 Å². The first-order chi connectivity index (χ1) is 13.0. The van der Waals surface area contributed by atoms with Crippen molar-refractivity contribution in [1.29, 1.82) is 0 Å². The number of fused-ring (bicyclic) bond motifs is 1. The van der Waals surface area contributed by atoms with Crippen LogP contribution >= 0.6 is 0 Å². The van der Waals surface area contributed by atoms with Gasteiger partial charge in [-0.3, -0.25) is 19.3 Å². The second-order valence-corrected chi connectivity index (χ2v) is 7.20. The number of unbranched alkanes of at least 4 members (excludes halogenated alkanes) is 4. The third-order valence-corrected chi connectivity index (χ3v) is 5.18. The summed E-state index contributed by atoms with van der Waals surface area (Å²) in [6, 6.07) is 4.48. The fourth-order valence-corrected chi connectivity index (χ4v) is 3.69. The van der Waals surface area contributed by atoms with Gasteiger partial charge < -0.3 is 10.6 Å². The molecular weight excluding hydrogens is 342 g/mol. The highest BCUT2D eigenvalue weighted by Gasteiger charge is 2.44. The van der Waals surface area contributed by atoms with Gasteiger partial charge in [0.15, 0.2) is 0 Å². The lowest BCUT2D eigenvalue weighted by atomic mass is 10.0. The van der Waals surface area contributed by atoms with Crippen molar-refractivity contribution in [3.05, 3.63) is 41.6 Å². The minimum Gasteiger partial charge on any atom is -0.384 e. The summed E-state index contributed by atoms with van der Waals surface area (Å²) in [5.74, 6) is -1.13.